The Balaban J connectivity index is 2.91. The Morgan fingerprint density at radius 2 is 1.92 bits per heavy atom. The SMILES string of the molecule is COc1ccc(SCS)cc1OC. The molecule has 1 aromatic rings. The maximum absolute atomic E-state index is 5.16. The molecule has 72 valence electrons. The molecule has 4 heteroatoms. The molecule has 0 saturated carbocycles. The van der Waals surface area contributed by atoms with E-state index >= 15 is 0 Å². The molecule has 1 rings (SSSR count). The molecule has 0 aliphatic rings. The van der Waals surface area contributed by atoms with Crippen LogP contribution in [0.1, 0.15) is 0 Å². The fourth-order valence-corrected chi connectivity index (χ4v) is 1.93. The Labute approximate surface area is 88.0 Å². The van der Waals surface area contributed by atoms with Crippen molar-refractivity contribution in [3.8, 4) is 11.5 Å². The van der Waals surface area contributed by atoms with Crippen molar-refractivity contribution in [2.75, 3.05) is 19.3 Å². The zero-order valence-electron chi connectivity index (χ0n) is 7.61. The van der Waals surface area contributed by atoms with Crippen molar-refractivity contribution in [2.45, 2.75) is 4.90 Å². The van der Waals surface area contributed by atoms with E-state index in [2.05, 4.69) is 12.6 Å². The highest BCUT2D eigenvalue weighted by molar-refractivity contribution is 8.09. The van der Waals surface area contributed by atoms with Crippen LogP contribution in [0, 0.1) is 0 Å². The average molecular weight is 216 g/mol. The Kier molecular flexibility index (Phi) is 4.32. The van der Waals surface area contributed by atoms with Gasteiger partial charge in [-0.15, -0.1) is 11.8 Å². The van der Waals surface area contributed by atoms with Gasteiger partial charge in [-0.2, -0.15) is 12.6 Å². The minimum absolute atomic E-state index is 0.756. The van der Waals surface area contributed by atoms with Gasteiger partial charge in [-0.1, -0.05) is 0 Å². The van der Waals surface area contributed by atoms with Crippen LogP contribution >= 0.6 is 24.4 Å². The lowest BCUT2D eigenvalue weighted by Gasteiger charge is -2.08. The van der Waals surface area contributed by atoms with Gasteiger partial charge in [-0.3, -0.25) is 0 Å². The fraction of sp³-hybridized carbons (Fsp3) is 0.333. The summed E-state index contributed by atoms with van der Waals surface area (Å²) in [7, 11) is 3.26. The maximum atomic E-state index is 5.16. The third-order valence-electron chi connectivity index (χ3n) is 1.59. The van der Waals surface area contributed by atoms with Crippen LogP contribution in [0.25, 0.3) is 0 Å². The molecule has 0 radical (unpaired) electrons. The van der Waals surface area contributed by atoms with Gasteiger partial charge in [-0.05, 0) is 18.2 Å². The van der Waals surface area contributed by atoms with Crippen molar-refractivity contribution in [1.29, 1.82) is 0 Å². The predicted molar refractivity (Wildman–Crippen MR) is 59.3 cm³/mol. The topological polar surface area (TPSA) is 18.5 Å². The second kappa shape index (κ2) is 5.29. The van der Waals surface area contributed by atoms with Crippen LogP contribution in [0.2, 0.25) is 0 Å². The second-order valence-electron chi connectivity index (χ2n) is 2.29. The minimum Gasteiger partial charge on any atom is -0.493 e. The lowest BCUT2D eigenvalue weighted by molar-refractivity contribution is 0.354. The molecule has 0 heterocycles. The van der Waals surface area contributed by atoms with Crippen molar-refractivity contribution in [3.05, 3.63) is 18.2 Å². The van der Waals surface area contributed by atoms with Crippen molar-refractivity contribution in [2.24, 2.45) is 0 Å². The van der Waals surface area contributed by atoms with Gasteiger partial charge in [-0.25, -0.2) is 0 Å². The number of rotatable bonds is 4. The van der Waals surface area contributed by atoms with E-state index in [-0.39, 0.29) is 0 Å². The molecule has 0 saturated heterocycles. The molecule has 0 fully saturated rings. The van der Waals surface area contributed by atoms with E-state index in [9.17, 15) is 0 Å². The van der Waals surface area contributed by atoms with Crippen LogP contribution in [0.15, 0.2) is 23.1 Å². The quantitative estimate of drug-likeness (QED) is 0.474. The van der Waals surface area contributed by atoms with Gasteiger partial charge in [0.25, 0.3) is 0 Å². The summed E-state index contributed by atoms with van der Waals surface area (Å²) in [4.78, 5) is 1.13. The van der Waals surface area contributed by atoms with E-state index in [0.29, 0.717) is 0 Å². The highest BCUT2D eigenvalue weighted by atomic mass is 32.2. The standard InChI is InChI=1S/C9H12O2S2/c1-10-8-4-3-7(13-6-12)5-9(8)11-2/h3-5,12H,6H2,1-2H3. The number of methoxy groups -OCH3 is 2. The van der Waals surface area contributed by atoms with Gasteiger partial charge < -0.3 is 9.47 Å². The first kappa shape index (κ1) is 10.6. The van der Waals surface area contributed by atoms with E-state index in [1.165, 1.54) is 0 Å². The van der Waals surface area contributed by atoms with Gasteiger partial charge in [0.1, 0.15) is 0 Å². The van der Waals surface area contributed by atoms with Crippen LogP contribution in [0.5, 0.6) is 11.5 Å². The van der Waals surface area contributed by atoms with Gasteiger partial charge in [0.15, 0.2) is 11.5 Å². The molecule has 0 unspecified atom stereocenters. The number of thiol groups is 1. The number of ether oxygens (including phenoxy) is 2. The molecule has 0 amide bonds. The number of hydrogen-bond donors (Lipinski definition) is 1. The molecule has 2 nitrogen and oxygen atoms in total. The lowest BCUT2D eigenvalue weighted by atomic mass is 10.3. The van der Waals surface area contributed by atoms with Crippen LogP contribution in [0.4, 0.5) is 0 Å². The van der Waals surface area contributed by atoms with E-state index in [4.69, 9.17) is 9.47 Å². The summed E-state index contributed by atoms with van der Waals surface area (Å²) in [5, 5.41) is 0.759. The first-order chi connectivity index (χ1) is 6.31. The first-order valence-corrected chi connectivity index (χ1v) is 5.39. The third kappa shape index (κ3) is 2.74. The number of thioether (sulfide) groups is 1. The van der Waals surface area contributed by atoms with Crippen LogP contribution in [-0.2, 0) is 0 Å². The summed E-state index contributed by atoms with van der Waals surface area (Å²) < 4.78 is 10.3. The van der Waals surface area contributed by atoms with E-state index < -0.39 is 0 Å². The monoisotopic (exact) mass is 216 g/mol. The Hall–Kier alpha value is -0.480. The molecule has 1 aromatic carbocycles. The third-order valence-corrected chi connectivity index (χ3v) is 2.69. The van der Waals surface area contributed by atoms with Crippen LogP contribution in [0.3, 0.4) is 0 Å². The molecule has 0 atom stereocenters. The highest BCUT2D eigenvalue weighted by Crippen LogP contribution is 2.31. The van der Waals surface area contributed by atoms with Crippen molar-refractivity contribution in [1.82, 2.24) is 0 Å². The number of hydrogen-bond acceptors (Lipinski definition) is 4. The molecule has 0 bridgehead atoms. The van der Waals surface area contributed by atoms with E-state index in [1.807, 2.05) is 18.2 Å². The molecule has 0 aromatic heterocycles. The first-order valence-electron chi connectivity index (χ1n) is 3.77. The van der Waals surface area contributed by atoms with Crippen molar-refractivity contribution < 1.29 is 9.47 Å². The summed E-state index contributed by atoms with van der Waals surface area (Å²) in [6.45, 7) is 0. The molecule has 0 N–H and O–H groups in total. The largest absolute Gasteiger partial charge is 0.493 e. The fourth-order valence-electron chi connectivity index (χ4n) is 0.981. The zero-order valence-corrected chi connectivity index (χ0v) is 9.32. The molecule has 0 aliphatic carbocycles. The molecule has 0 aliphatic heterocycles. The van der Waals surface area contributed by atoms with Crippen molar-refractivity contribution in [3.63, 3.8) is 0 Å². The molecule has 13 heavy (non-hydrogen) atoms. The van der Waals surface area contributed by atoms with Gasteiger partial charge in [0, 0.05) is 9.98 Å². The summed E-state index contributed by atoms with van der Waals surface area (Å²) >= 11 is 5.79. The van der Waals surface area contributed by atoms with Gasteiger partial charge in [0.2, 0.25) is 0 Å². The summed E-state index contributed by atoms with van der Waals surface area (Å²) in [5.74, 6) is 1.51. The Bertz CT molecular complexity index is 276. The average Bonchev–Trinajstić information content (AvgIpc) is 2.18. The van der Waals surface area contributed by atoms with E-state index in [1.54, 1.807) is 26.0 Å². The Morgan fingerprint density at radius 3 is 2.46 bits per heavy atom. The van der Waals surface area contributed by atoms with Crippen LogP contribution in [-0.4, -0.2) is 19.3 Å². The number of benzene rings is 1. The smallest absolute Gasteiger partial charge is 0.161 e. The summed E-state index contributed by atoms with van der Waals surface area (Å²) in [6, 6.07) is 5.83. The molecule has 0 spiro atoms. The van der Waals surface area contributed by atoms with Gasteiger partial charge >= 0.3 is 0 Å². The summed E-state index contributed by atoms with van der Waals surface area (Å²) in [5.41, 5.74) is 0. The maximum Gasteiger partial charge on any atom is 0.161 e. The zero-order chi connectivity index (χ0) is 9.68. The van der Waals surface area contributed by atoms with E-state index in [0.717, 1.165) is 21.5 Å². The minimum atomic E-state index is 0.756. The van der Waals surface area contributed by atoms with Crippen molar-refractivity contribution >= 4 is 24.4 Å². The predicted octanol–water partition coefficient (Wildman–Crippen LogP) is 2.68. The van der Waals surface area contributed by atoms with Gasteiger partial charge in [0.05, 0.1) is 14.2 Å². The molecular formula is C9H12O2S2. The summed E-state index contributed by atoms with van der Waals surface area (Å²) in [6.07, 6.45) is 0. The molecular weight excluding hydrogens is 204 g/mol. The normalized spacial score (nSPS) is 9.77. The lowest BCUT2D eigenvalue weighted by Crippen LogP contribution is -1.90. The second-order valence-corrected chi connectivity index (χ2v) is 4.08. The Morgan fingerprint density at radius 1 is 1.23 bits per heavy atom. The highest BCUT2D eigenvalue weighted by Gasteiger charge is 2.03. The van der Waals surface area contributed by atoms with Crippen LogP contribution < -0.4 is 9.47 Å².